The van der Waals surface area contributed by atoms with Crippen LogP contribution in [0, 0.1) is 0 Å². The molecular weight excluding hydrogens is 264 g/mol. The maximum atomic E-state index is 12.2. The van der Waals surface area contributed by atoms with Gasteiger partial charge in [-0.1, -0.05) is 25.9 Å². The molecule has 1 aromatic heterocycles. The summed E-state index contributed by atoms with van der Waals surface area (Å²) >= 11 is 0. The van der Waals surface area contributed by atoms with E-state index in [4.69, 9.17) is 4.52 Å². The predicted molar refractivity (Wildman–Crippen MR) is 73.4 cm³/mol. The predicted octanol–water partition coefficient (Wildman–Crippen LogP) is 2.67. The van der Waals surface area contributed by atoms with E-state index >= 15 is 0 Å². The highest BCUT2D eigenvalue weighted by Gasteiger charge is 2.36. The molecule has 5 nitrogen and oxygen atoms in total. The van der Waals surface area contributed by atoms with Gasteiger partial charge in [-0.3, -0.25) is 0 Å². The first kappa shape index (κ1) is 14.5. The largest absolute Gasteiger partial charge is 0.361 e. The van der Waals surface area contributed by atoms with E-state index in [1.807, 2.05) is 26.8 Å². The van der Waals surface area contributed by atoms with Crippen LogP contribution in [-0.4, -0.2) is 30.2 Å². The number of hydrogen-bond donors (Lipinski definition) is 0. The molecule has 1 saturated heterocycles. The molecule has 1 atom stereocenters. The lowest BCUT2D eigenvalue weighted by molar-refractivity contribution is 0.338. The van der Waals surface area contributed by atoms with Crippen molar-refractivity contribution in [1.29, 1.82) is 0 Å². The van der Waals surface area contributed by atoms with Crippen LogP contribution < -0.4 is 0 Å². The first-order valence-electron chi connectivity index (χ1n) is 6.91. The summed E-state index contributed by atoms with van der Waals surface area (Å²) in [5, 5.41) is 4.06. The van der Waals surface area contributed by atoms with Crippen molar-refractivity contribution >= 4 is 10.0 Å². The minimum atomic E-state index is -3.17. The molecular formula is C13H22N2O3S. The number of sulfonamides is 1. The fourth-order valence-corrected chi connectivity index (χ4v) is 4.24. The summed E-state index contributed by atoms with van der Waals surface area (Å²) in [6, 6.07) is 1.75. The average molecular weight is 286 g/mol. The lowest BCUT2D eigenvalue weighted by atomic mass is 10.1. The van der Waals surface area contributed by atoms with Crippen molar-refractivity contribution in [3.63, 3.8) is 0 Å². The van der Waals surface area contributed by atoms with Gasteiger partial charge < -0.3 is 4.52 Å². The molecule has 0 N–H and O–H groups in total. The topological polar surface area (TPSA) is 63.4 Å². The van der Waals surface area contributed by atoms with Crippen LogP contribution in [0.3, 0.4) is 0 Å². The summed E-state index contributed by atoms with van der Waals surface area (Å²) in [5.74, 6) is 1.29. The number of hydrogen-bond acceptors (Lipinski definition) is 4. The molecule has 108 valence electrons. The summed E-state index contributed by atoms with van der Waals surface area (Å²) in [7, 11) is -3.17. The molecule has 1 aromatic rings. The number of rotatable bonds is 5. The van der Waals surface area contributed by atoms with E-state index in [1.165, 1.54) is 0 Å². The Labute approximate surface area is 115 Å². The Morgan fingerprint density at radius 2 is 2.26 bits per heavy atom. The highest BCUT2D eigenvalue weighted by atomic mass is 32.2. The summed E-state index contributed by atoms with van der Waals surface area (Å²) in [5.41, 5.74) is 0.751. The van der Waals surface area contributed by atoms with Crippen LogP contribution in [0.1, 0.15) is 63.4 Å². The highest BCUT2D eigenvalue weighted by molar-refractivity contribution is 7.89. The van der Waals surface area contributed by atoms with Crippen molar-refractivity contribution in [1.82, 2.24) is 9.46 Å². The molecule has 0 spiro atoms. The molecule has 0 aliphatic carbocycles. The molecule has 2 rings (SSSR count). The second-order valence-corrected chi connectivity index (χ2v) is 7.43. The van der Waals surface area contributed by atoms with Gasteiger partial charge in [-0.2, -0.15) is 4.31 Å². The Kier molecular flexibility index (Phi) is 4.30. The van der Waals surface area contributed by atoms with Gasteiger partial charge in [0.15, 0.2) is 0 Å². The molecule has 2 heterocycles. The van der Waals surface area contributed by atoms with Gasteiger partial charge in [0, 0.05) is 18.5 Å². The van der Waals surface area contributed by atoms with Gasteiger partial charge >= 0.3 is 0 Å². The van der Waals surface area contributed by atoms with E-state index in [9.17, 15) is 8.42 Å². The molecule has 0 amide bonds. The van der Waals surface area contributed by atoms with Crippen LogP contribution in [0.5, 0.6) is 0 Å². The van der Waals surface area contributed by atoms with Crippen molar-refractivity contribution in [2.24, 2.45) is 0 Å². The molecule has 1 aliphatic rings. The first-order chi connectivity index (χ1) is 8.95. The van der Waals surface area contributed by atoms with Crippen LogP contribution in [0.25, 0.3) is 0 Å². The van der Waals surface area contributed by atoms with Gasteiger partial charge in [0.25, 0.3) is 0 Å². The van der Waals surface area contributed by atoms with Crippen LogP contribution in [0.15, 0.2) is 10.6 Å². The van der Waals surface area contributed by atoms with Gasteiger partial charge in [-0.15, -0.1) is 0 Å². The van der Waals surface area contributed by atoms with E-state index in [1.54, 1.807) is 4.31 Å². The second kappa shape index (κ2) is 5.63. The maximum Gasteiger partial charge on any atom is 0.214 e. The Balaban J connectivity index is 2.23. The Hall–Kier alpha value is -0.880. The molecule has 1 aliphatic heterocycles. The van der Waals surface area contributed by atoms with Gasteiger partial charge in [0.1, 0.15) is 11.5 Å². The average Bonchev–Trinajstić information content (AvgIpc) is 2.98. The van der Waals surface area contributed by atoms with Crippen molar-refractivity contribution in [2.45, 2.75) is 52.0 Å². The Morgan fingerprint density at radius 1 is 1.53 bits per heavy atom. The third-order valence-electron chi connectivity index (χ3n) is 3.48. The smallest absolute Gasteiger partial charge is 0.214 e. The summed E-state index contributed by atoms with van der Waals surface area (Å²) in [6.07, 6.45) is 2.35. The van der Waals surface area contributed by atoms with Crippen molar-refractivity contribution < 1.29 is 12.9 Å². The lowest BCUT2D eigenvalue weighted by Gasteiger charge is -2.21. The normalized spacial score (nSPS) is 21.4. The zero-order valence-corrected chi connectivity index (χ0v) is 12.6. The van der Waals surface area contributed by atoms with Gasteiger partial charge in [-0.25, -0.2) is 8.42 Å². The molecule has 0 saturated carbocycles. The zero-order valence-electron chi connectivity index (χ0n) is 11.8. The fourth-order valence-electron chi connectivity index (χ4n) is 2.48. The molecule has 0 unspecified atom stereocenters. The lowest BCUT2D eigenvalue weighted by Crippen LogP contribution is -2.32. The van der Waals surface area contributed by atoms with Crippen molar-refractivity contribution in [2.75, 3.05) is 12.3 Å². The standard InChI is InChI=1S/C13H22N2O3S/c1-4-8-19(16,17)15-7-5-6-12(15)11-9-13(10(2)3)18-14-11/h9-10,12H,4-8H2,1-3H3/t12-/m0/s1. The molecule has 0 radical (unpaired) electrons. The second-order valence-electron chi connectivity index (χ2n) is 5.39. The van der Waals surface area contributed by atoms with Crippen LogP contribution in [0.4, 0.5) is 0 Å². The van der Waals surface area contributed by atoms with Crippen molar-refractivity contribution in [3.8, 4) is 0 Å². The quantitative estimate of drug-likeness (QED) is 0.834. The number of aromatic nitrogens is 1. The monoisotopic (exact) mass is 286 g/mol. The summed E-state index contributed by atoms with van der Waals surface area (Å²) < 4.78 is 31.3. The third kappa shape index (κ3) is 3.00. The summed E-state index contributed by atoms with van der Waals surface area (Å²) in [6.45, 7) is 6.54. The molecule has 6 heteroatoms. The van der Waals surface area contributed by atoms with E-state index in [0.29, 0.717) is 13.0 Å². The van der Waals surface area contributed by atoms with E-state index in [0.717, 1.165) is 24.3 Å². The van der Waals surface area contributed by atoms with Crippen LogP contribution in [0.2, 0.25) is 0 Å². The Bertz CT molecular complexity index is 522. The fraction of sp³-hybridized carbons (Fsp3) is 0.769. The molecule has 0 aromatic carbocycles. The molecule has 1 fully saturated rings. The molecule has 19 heavy (non-hydrogen) atoms. The summed E-state index contributed by atoms with van der Waals surface area (Å²) in [4.78, 5) is 0. The van der Waals surface area contributed by atoms with E-state index in [2.05, 4.69) is 5.16 Å². The minimum absolute atomic E-state index is 0.146. The SMILES string of the molecule is CCCS(=O)(=O)N1CCC[C@H]1c1cc(C(C)C)on1. The zero-order chi connectivity index (χ0) is 14.0. The maximum absolute atomic E-state index is 12.2. The van der Waals surface area contributed by atoms with Gasteiger partial charge in [-0.05, 0) is 19.3 Å². The highest BCUT2D eigenvalue weighted by Crippen LogP contribution is 2.34. The third-order valence-corrected chi connectivity index (χ3v) is 5.56. The van der Waals surface area contributed by atoms with E-state index < -0.39 is 10.0 Å². The Morgan fingerprint density at radius 3 is 2.84 bits per heavy atom. The number of nitrogens with zero attached hydrogens (tertiary/aromatic N) is 2. The first-order valence-corrected chi connectivity index (χ1v) is 8.52. The van der Waals surface area contributed by atoms with E-state index in [-0.39, 0.29) is 17.7 Å². The minimum Gasteiger partial charge on any atom is -0.361 e. The van der Waals surface area contributed by atoms with Crippen molar-refractivity contribution in [3.05, 3.63) is 17.5 Å². The van der Waals surface area contributed by atoms with Gasteiger partial charge in [0.2, 0.25) is 10.0 Å². The van der Waals surface area contributed by atoms with Gasteiger partial charge in [0.05, 0.1) is 11.8 Å². The van der Waals surface area contributed by atoms with Crippen LogP contribution in [-0.2, 0) is 10.0 Å². The van der Waals surface area contributed by atoms with Crippen LogP contribution >= 0.6 is 0 Å². The molecule has 0 bridgehead atoms.